The first kappa shape index (κ1) is 24.2. The molecule has 174 valence electrons. The molecule has 0 spiro atoms. The normalized spacial score (nSPS) is 17.4. The molecule has 1 atom stereocenters. The third kappa shape index (κ3) is 6.58. The van der Waals surface area contributed by atoms with Crippen molar-refractivity contribution in [2.75, 3.05) is 21.3 Å². The Morgan fingerprint density at radius 3 is 1.48 bits per heavy atom. The summed E-state index contributed by atoms with van der Waals surface area (Å²) in [6.45, 7) is 0. The average Bonchev–Trinajstić information content (AvgIpc) is 2.85. The molecule has 1 aliphatic rings. The molecule has 33 heavy (non-hydrogen) atoms. The van der Waals surface area contributed by atoms with Crippen LogP contribution in [-0.4, -0.2) is 30.7 Å². The van der Waals surface area contributed by atoms with Crippen LogP contribution in [0.4, 0.5) is 0 Å². The molecule has 0 aliphatic heterocycles. The molecule has 0 amide bonds. The number of thioether (sulfide) groups is 3. The molecular formula is C27H30O3S3. The summed E-state index contributed by atoms with van der Waals surface area (Å²) in [6.07, 6.45) is 4.78. The van der Waals surface area contributed by atoms with E-state index in [0.717, 1.165) is 23.7 Å². The van der Waals surface area contributed by atoms with E-state index in [1.807, 2.05) is 35.3 Å². The molecule has 0 saturated heterocycles. The molecule has 0 aromatic heterocycles. The topological polar surface area (TPSA) is 27.7 Å². The molecule has 0 bridgehead atoms. The molecular weight excluding hydrogens is 468 g/mol. The van der Waals surface area contributed by atoms with Crippen LogP contribution in [0.25, 0.3) is 0 Å². The molecule has 4 rings (SSSR count). The van der Waals surface area contributed by atoms with Crippen LogP contribution >= 0.6 is 35.3 Å². The quantitative estimate of drug-likeness (QED) is 0.277. The minimum atomic E-state index is 0.0750. The van der Waals surface area contributed by atoms with E-state index in [1.165, 1.54) is 33.9 Å². The molecule has 3 nitrogen and oxygen atoms in total. The highest BCUT2D eigenvalue weighted by molar-refractivity contribution is 8.18. The summed E-state index contributed by atoms with van der Waals surface area (Å²) in [5.41, 5.74) is 0. The van der Waals surface area contributed by atoms with Crippen molar-refractivity contribution in [1.29, 1.82) is 0 Å². The van der Waals surface area contributed by atoms with Crippen LogP contribution in [0.1, 0.15) is 25.7 Å². The van der Waals surface area contributed by atoms with Gasteiger partial charge in [-0.05, 0) is 92.1 Å². The van der Waals surface area contributed by atoms with Crippen molar-refractivity contribution in [1.82, 2.24) is 0 Å². The average molecular weight is 499 g/mol. The van der Waals surface area contributed by atoms with Crippen molar-refractivity contribution in [3.63, 3.8) is 0 Å². The van der Waals surface area contributed by atoms with Crippen LogP contribution in [0.2, 0.25) is 0 Å². The Morgan fingerprint density at radius 2 is 1.06 bits per heavy atom. The van der Waals surface area contributed by atoms with Gasteiger partial charge in [0.15, 0.2) is 0 Å². The van der Waals surface area contributed by atoms with E-state index in [9.17, 15) is 0 Å². The minimum absolute atomic E-state index is 0.0750. The summed E-state index contributed by atoms with van der Waals surface area (Å²) in [6, 6.07) is 25.4. The van der Waals surface area contributed by atoms with Crippen molar-refractivity contribution in [2.24, 2.45) is 0 Å². The molecule has 1 saturated carbocycles. The molecule has 0 N–H and O–H groups in total. The number of hydrogen-bond donors (Lipinski definition) is 0. The van der Waals surface area contributed by atoms with Crippen LogP contribution in [0, 0.1) is 0 Å². The number of hydrogen-bond acceptors (Lipinski definition) is 6. The van der Waals surface area contributed by atoms with Gasteiger partial charge >= 0.3 is 0 Å². The van der Waals surface area contributed by atoms with Crippen molar-refractivity contribution < 1.29 is 14.2 Å². The van der Waals surface area contributed by atoms with Gasteiger partial charge in [-0.2, -0.15) is 0 Å². The highest BCUT2D eigenvalue weighted by atomic mass is 32.2. The summed E-state index contributed by atoms with van der Waals surface area (Å²) in [4.78, 5) is 3.87. The fourth-order valence-electron chi connectivity index (χ4n) is 4.02. The lowest BCUT2D eigenvalue weighted by molar-refractivity contribution is 0.414. The molecule has 1 aliphatic carbocycles. The van der Waals surface area contributed by atoms with E-state index in [1.54, 1.807) is 21.3 Å². The summed E-state index contributed by atoms with van der Waals surface area (Å²) in [5, 5.41) is 0.573. The largest absolute Gasteiger partial charge is 0.497 e. The molecule has 3 aromatic rings. The predicted octanol–water partition coefficient (Wildman–Crippen LogP) is 8.03. The summed E-state index contributed by atoms with van der Waals surface area (Å²) in [7, 11) is 5.14. The molecule has 0 radical (unpaired) electrons. The Kier molecular flexibility index (Phi) is 8.45. The monoisotopic (exact) mass is 498 g/mol. The Bertz CT molecular complexity index is 955. The lowest BCUT2D eigenvalue weighted by atomic mass is 9.99. The van der Waals surface area contributed by atoms with Gasteiger partial charge in [-0.25, -0.2) is 0 Å². The first-order valence-electron chi connectivity index (χ1n) is 11.1. The maximum atomic E-state index is 5.36. The van der Waals surface area contributed by atoms with Crippen LogP contribution in [0.3, 0.4) is 0 Å². The number of ether oxygens (including phenoxy) is 3. The second-order valence-electron chi connectivity index (χ2n) is 7.98. The lowest BCUT2D eigenvalue weighted by Gasteiger charge is -2.40. The predicted molar refractivity (Wildman–Crippen MR) is 142 cm³/mol. The van der Waals surface area contributed by atoms with Crippen LogP contribution in [-0.2, 0) is 0 Å². The van der Waals surface area contributed by atoms with Gasteiger partial charge in [-0.15, -0.1) is 35.3 Å². The van der Waals surface area contributed by atoms with Crippen molar-refractivity contribution in [2.45, 2.75) is 49.7 Å². The number of rotatable bonds is 9. The van der Waals surface area contributed by atoms with Crippen molar-refractivity contribution in [3.8, 4) is 17.2 Å². The second kappa shape index (κ2) is 11.5. The highest BCUT2D eigenvalue weighted by Gasteiger charge is 2.39. The van der Waals surface area contributed by atoms with Gasteiger partial charge in [0.2, 0.25) is 0 Å². The van der Waals surface area contributed by atoms with Gasteiger partial charge in [0, 0.05) is 19.9 Å². The fourth-order valence-corrected chi connectivity index (χ4v) is 8.77. The first-order valence-corrected chi connectivity index (χ1v) is 13.6. The third-order valence-electron chi connectivity index (χ3n) is 5.71. The summed E-state index contributed by atoms with van der Waals surface area (Å²) >= 11 is 6.00. The first-order chi connectivity index (χ1) is 16.1. The zero-order chi connectivity index (χ0) is 23.1. The van der Waals surface area contributed by atoms with E-state index in [2.05, 4.69) is 72.8 Å². The van der Waals surface area contributed by atoms with E-state index >= 15 is 0 Å². The molecule has 1 fully saturated rings. The van der Waals surface area contributed by atoms with Gasteiger partial charge in [-0.1, -0.05) is 6.42 Å². The Hall–Kier alpha value is -1.89. The molecule has 0 heterocycles. The Labute approximate surface area is 210 Å². The summed E-state index contributed by atoms with van der Waals surface area (Å²) in [5.74, 6) is 2.70. The van der Waals surface area contributed by atoms with E-state index in [0.29, 0.717) is 5.25 Å². The fraction of sp³-hybridized carbons (Fsp3) is 0.333. The van der Waals surface area contributed by atoms with Crippen molar-refractivity contribution in [3.05, 3.63) is 72.8 Å². The SMILES string of the molecule is COc1ccc(SC2CCCC(Sc3ccc(OC)cc3)(Sc3ccc(OC)cc3)C2)cc1. The highest BCUT2D eigenvalue weighted by Crippen LogP contribution is 2.56. The van der Waals surface area contributed by atoms with Gasteiger partial charge in [0.05, 0.1) is 25.4 Å². The van der Waals surface area contributed by atoms with Crippen molar-refractivity contribution >= 4 is 35.3 Å². The van der Waals surface area contributed by atoms with Gasteiger partial charge in [0.25, 0.3) is 0 Å². The molecule has 3 aromatic carbocycles. The van der Waals surface area contributed by atoms with Gasteiger partial charge in [-0.3, -0.25) is 0 Å². The van der Waals surface area contributed by atoms with E-state index in [-0.39, 0.29) is 4.08 Å². The Balaban J connectivity index is 1.55. The lowest BCUT2D eigenvalue weighted by Crippen LogP contribution is -2.30. The zero-order valence-electron chi connectivity index (χ0n) is 19.3. The van der Waals surface area contributed by atoms with Crippen LogP contribution in [0.15, 0.2) is 87.5 Å². The summed E-state index contributed by atoms with van der Waals surface area (Å²) < 4.78 is 16.1. The Morgan fingerprint density at radius 1 is 0.636 bits per heavy atom. The number of methoxy groups -OCH3 is 3. The van der Waals surface area contributed by atoms with Crippen LogP contribution < -0.4 is 14.2 Å². The maximum Gasteiger partial charge on any atom is 0.118 e. The minimum Gasteiger partial charge on any atom is -0.497 e. The van der Waals surface area contributed by atoms with E-state index < -0.39 is 0 Å². The smallest absolute Gasteiger partial charge is 0.118 e. The zero-order valence-corrected chi connectivity index (χ0v) is 21.7. The van der Waals surface area contributed by atoms with Gasteiger partial charge < -0.3 is 14.2 Å². The molecule has 6 heteroatoms. The van der Waals surface area contributed by atoms with Crippen LogP contribution in [0.5, 0.6) is 17.2 Å². The standard InChI is InChI=1S/C27H30O3S3/c1-28-20-6-12-23(13-7-20)31-26-5-4-18-27(19-26,32-24-14-8-21(29-2)9-15-24)33-25-16-10-22(30-3)11-17-25/h6-17,26H,4-5,18-19H2,1-3H3. The van der Waals surface area contributed by atoms with Gasteiger partial charge in [0.1, 0.15) is 17.2 Å². The van der Waals surface area contributed by atoms with E-state index in [4.69, 9.17) is 14.2 Å². The maximum absolute atomic E-state index is 5.36. The molecule has 1 unspecified atom stereocenters. The number of benzene rings is 3. The third-order valence-corrected chi connectivity index (χ3v) is 9.99. The second-order valence-corrected chi connectivity index (χ2v) is 12.5.